The Labute approximate surface area is 100 Å². The summed E-state index contributed by atoms with van der Waals surface area (Å²) >= 11 is 0. The minimum absolute atomic E-state index is 0.0271. The highest BCUT2D eigenvalue weighted by molar-refractivity contribution is 6.74. The molecular formula is C12H26O3Si. The first-order chi connectivity index (χ1) is 7.26. The van der Waals surface area contributed by atoms with Gasteiger partial charge >= 0.3 is 0 Å². The van der Waals surface area contributed by atoms with E-state index in [9.17, 15) is 0 Å². The van der Waals surface area contributed by atoms with Crippen LogP contribution in [-0.4, -0.2) is 38.8 Å². The van der Waals surface area contributed by atoms with Crippen LogP contribution in [0.3, 0.4) is 0 Å². The van der Waals surface area contributed by atoms with Gasteiger partial charge in [-0.1, -0.05) is 20.8 Å². The molecule has 0 spiro atoms. The summed E-state index contributed by atoms with van der Waals surface area (Å²) in [6.07, 6.45) is 2.18. The van der Waals surface area contributed by atoms with E-state index in [1.54, 1.807) is 0 Å². The Morgan fingerprint density at radius 1 is 1.31 bits per heavy atom. The zero-order valence-corrected chi connectivity index (χ0v) is 12.2. The van der Waals surface area contributed by atoms with E-state index in [0.29, 0.717) is 6.61 Å². The lowest BCUT2D eigenvalue weighted by Crippen LogP contribution is -2.47. The van der Waals surface area contributed by atoms with Crippen molar-refractivity contribution in [2.45, 2.75) is 64.0 Å². The molecule has 0 aromatic rings. The Hall–Kier alpha value is 0.0969. The Morgan fingerprint density at radius 3 is 2.31 bits per heavy atom. The summed E-state index contributed by atoms with van der Waals surface area (Å²) < 4.78 is 11.8. The monoisotopic (exact) mass is 246 g/mol. The summed E-state index contributed by atoms with van der Waals surface area (Å²) in [6, 6.07) is 0. The fourth-order valence-corrected chi connectivity index (χ4v) is 2.99. The molecule has 3 nitrogen and oxygen atoms in total. The average molecular weight is 246 g/mol. The first kappa shape index (κ1) is 14.2. The van der Waals surface area contributed by atoms with Gasteiger partial charge in [-0.05, 0) is 31.0 Å². The molecule has 0 bridgehead atoms. The van der Waals surface area contributed by atoms with Gasteiger partial charge in [-0.15, -0.1) is 0 Å². The van der Waals surface area contributed by atoms with Crippen molar-refractivity contribution in [3.63, 3.8) is 0 Å². The van der Waals surface area contributed by atoms with Crippen LogP contribution >= 0.6 is 0 Å². The van der Waals surface area contributed by atoms with Crippen molar-refractivity contribution in [2.24, 2.45) is 0 Å². The quantitative estimate of drug-likeness (QED) is 0.778. The molecule has 0 aliphatic carbocycles. The van der Waals surface area contributed by atoms with E-state index >= 15 is 0 Å². The number of ether oxygens (including phenoxy) is 1. The maximum absolute atomic E-state index is 8.98. The minimum Gasteiger partial charge on any atom is -0.412 e. The van der Waals surface area contributed by atoms with E-state index in [1.807, 2.05) is 0 Å². The third-order valence-electron chi connectivity index (χ3n) is 3.80. The van der Waals surface area contributed by atoms with E-state index in [-0.39, 0.29) is 23.9 Å². The molecule has 0 amide bonds. The van der Waals surface area contributed by atoms with Gasteiger partial charge in [-0.2, -0.15) is 0 Å². The Kier molecular flexibility index (Phi) is 4.57. The highest BCUT2D eigenvalue weighted by atomic mass is 28.4. The number of hydrogen-bond acceptors (Lipinski definition) is 3. The molecule has 1 N–H and O–H groups in total. The largest absolute Gasteiger partial charge is 0.412 e. The molecule has 1 heterocycles. The van der Waals surface area contributed by atoms with Gasteiger partial charge in [0, 0.05) is 0 Å². The summed E-state index contributed by atoms with van der Waals surface area (Å²) in [5, 5.41) is 9.23. The second-order valence-electron chi connectivity index (χ2n) is 6.22. The van der Waals surface area contributed by atoms with Crippen molar-refractivity contribution < 1.29 is 14.3 Å². The maximum Gasteiger partial charge on any atom is 0.192 e. The zero-order valence-electron chi connectivity index (χ0n) is 11.2. The highest BCUT2D eigenvalue weighted by Crippen LogP contribution is 2.38. The predicted octanol–water partition coefficient (Wildman–Crippen LogP) is 2.55. The molecule has 2 unspecified atom stereocenters. The van der Waals surface area contributed by atoms with E-state index in [4.69, 9.17) is 14.3 Å². The molecule has 2 atom stereocenters. The van der Waals surface area contributed by atoms with Crippen LogP contribution in [0.5, 0.6) is 0 Å². The number of hydrogen-bond donors (Lipinski definition) is 1. The van der Waals surface area contributed by atoms with Crippen molar-refractivity contribution in [1.29, 1.82) is 0 Å². The van der Waals surface area contributed by atoms with Gasteiger partial charge in [-0.3, -0.25) is 0 Å². The smallest absolute Gasteiger partial charge is 0.192 e. The minimum atomic E-state index is -1.67. The molecule has 0 saturated carbocycles. The Bertz CT molecular complexity index is 215. The second-order valence-corrected chi connectivity index (χ2v) is 11.0. The van der Waals surface area contributed by atoms with E-state index < -0.39 is 8.32 Å². The van der Waals surface area contributed by atoms with Gasteiger partial charge in [0.2, 0.25) is 0 Å². The summed E-state index contributed by atoms with van der Waals surface area (Å²) in [5.41, 5.74) is 0. The lowest BCUT2D eigenvalue weighted by Gasteiger charge is -2.41. The fraction of sp³-hybridized carbons (Fsp3) is 1.00. The van der Waals surface area contributed by atoms with Crippen LogP contribution in [0.2, 0.25) is 18.1 Å². The number of aliphatic hydroxyl groups is 1. The maximum atomic E-state index is 8.98. The first-order valence-corrected chi connectivity index (χ1v) is 9.07. The first-order valence-electron chi connectivity index (χ1n) is 6.16. The molecule has 1 saturated heterocycles. The van der Waals surface area contributed by atoms with Gasteiger partial charge in [0.25, 0.3) is 0 Å². The molecule has 16 heavy (non-hydrogen) atoms. The van der Waals surface area contributed by atoms with Gasteiger partial charge < -0.3 is 14.3 Å². The molecule has 1 rings (SSSR count). The normalized spacial score (nSPS) is 28.1. The van der Waals surface area contributed by atoms with E-state index in [1.165, 1.54) is 0 Å². The van der Waals surface area contributed by atoms with Gasteiger partial charge in [0.05, 0.1) is 25.4 Å². The average Bonchev–Trinajstić information content (AvgIpc) is 2.16. The Balaban J connectivity index is 2.45. The molecular weight excluding hydrogens is 220 g/mol. The third kappa shape index (κ3) is 3.55. The van der Waals surface area contributed by atoms with Crippen molar-refractivity contribution in [3.05, 3.63) is 0 Å². The second kappa shape index (κ2) is 5.17. The molecule has 1 fully saturated rings. The van der Waals surface area contributed by atoms with E-state index in [0.717, 1.165) is 12.8 Å². The zero-order chi connectivity index (χ0) is 12.4. The number of aliphatic hydroxyl groups excluding tert-OH is 1. The highest BCUT2D eigenvalue weighted by Gasteiger charge is 2.39. The van der Waals surface area contributed by atoms with Gasteiger partial charge in [-0.25, -0.2) is 0 Å². The van der Waals surface area contributed by atoms with Gasteiger partial charge in [0.15, 0.2) is 8.32 Å². The van der Waals surface area contributed by atoms with Crippen LogP contribution in [0.25, 0.3) is 0 Å². The number of rotatable bonds is 3. The standard InChI is InChI=1S/C12H26O3Si/c1-12(2,3)16(4,5)15-11-7-6-10(8-13)14-9-11/h10-11,13H,6-9H2,1-5H3. The van der Waals surface area contributed by atoms with Crippen LogP contribution in [0, 0.1) is 0 Å². The van der Waals surface area contributed by atoms with Crippen LogP contribution < -0.4 is 0 Å². The van der Waals surface area contributed by atoms with Crippen molar-refractivity contribution in [1.82, 2.24) is 0 Å². The van der Waals surface area contributed by atoms with Crippen molar-refractivity contribution >= 4 is 8.32 Å². The topological polar surface area (TPSA) is 38.7 Å². The summed E-state index contributed by atoms with van der Waals surface area (Å²) in [7, 11) is -1.67. The molecule has 0 radical (unpaired) electrons. The van der Waals surface area contributed by atoms with Crippen LogP contribution in [0.1, 0.15) is 33.6 Å². The van der Waals surface area contributed by atoms with E-state index in [2.05, 4.69) is 33.9 Å². The molecule has 0 aromatic carbocycles. The van der Waals surface area contributed by atoms with Crippen molar-refractivity contribution in [2.75, 3.05) is 13.2 Å². The van der Waals surface area contributed by atoms with Crippen LogP contribution in [-0.2, 0) is 9.16 Å². The fourth-order valence-electron chi connectivity index (χ4n) is 1.61. The molecule has 4 heteroatoms. The molecule has 1 aliphatic rings. The molecule has 1 aliphatic heterocycles. The van der Waals surface area contributed by atoms with Crippen LogP contribution in [0.15, 0.2) is 0 Å². The molecule has 96 valence electrons. The summed E-state index contributed by atoms with van der Waals surface area (Å²) in [4.78, 5) is 0. The van der Waals surface area contributed by atoms with Crippen LogP contribution in [0.4, 0.5) is 0 Å². The predicted molar refractivity (Wildman–Crippen MR) is 68.1 cm³/mol. The lowest BCUT2D eigenvalue weighted by molar-refractivity contribution is -0.0690. The lowest BCUT2D eigenvalue weighted by atomic mass is 10.1. The Morgan fingerprint density at radius 2 is 1.94 bits per heavy atom. The van der Waals surface area contributed by atoms with Crippen molar-refractivity contribution in [3.8, 4) is 0 Å². The third-order valence-corrected chi connectivity index (χ3v) is 8.33. The summed E-state index contributed by atoms with van der Waals surface area (Å²) in [5.74, 6) is 0. The van der Waals surface area contributed by atoms with Gasteiger partial charge in [0.1, 0.15) is 0 Å². The SMILES string of the molecule is CC(C)(C)[Si](C)(C)OC1CCC(CO)OC1. The molecule has 0 aromatic heterocycles. The summed E-state index contributed by atoms with van der Waals surface area (Å²) in [6.45, 7) is 12.1.